The van der Waals surface area contributed by atoms with Crippen LogP contribution in [0.4, 0.5) is 0 Å². The number of unbranched alkanes of at least 4 members (excludes halogenated alkanes) is 3. The molecule has 118 valence electrons. The summed E-state index contributed by atoms with van der Waals surface area (Å²) < 4.78 is 5.65. The fourth-order valence-corrected chi connectivity index (χ4v) is 2.19. The van der Waals surface area contributed by atoms with E-state index in [1.165, 1.54) is 19.3 Å². The average Bonchev–Trinajstić information content (AvgIpc) is 2.61. The number of benzene rings is 1. The molecule has 0 aliphatic carbocycles. The van der Waals surface area contributed by atoms with Gasteiger partial charge in [-0.15, -0.1) is 0 Å². The van der Waals surface area contributed by atoms with Crippen LogP contribution >= 0.6 is 0 Å². The first-order valence-electron chi connectivity index (χ1n) is 8.08. The maximum atomic E-state index is 8.81. The molecule has 3 heteroatoms. The topological polar surface area (TPSA) is 45.9 Å². The van der Waals surface area contributed by atoms with Gasteiger partial charge in [-0.2, -0.15) is 5.26 Å². The van der Waals surface area contributed by atoms with Crippen molar-refractivity contribution in [3.63, 3.8) is 0 Å². The molecular weight excluding hydrogens is 284 g/mol. The number of hydrogen-bond acceptors (Lipinski definition) is 3. The van der Waals surface area contributed by atoms with Crippen molar-refractivity contribution in [3.05, 3.63) is 60.3 Å². The third-order valence-electron chi connectivity index (χ3n) is 3.53. The number of ether oxygens (including phenoxy) is 1. The molecule has 3 nitrogen and oxygen atoms in total. The highest BCUT2D eigenvalue weighted by molar-refractivity contribution is 5.60. The van der Waals surface area contributed by atoms with Gasteiger partial charge >= 0.3 is 0 Å². The van der Waals surface area contributed by atoms with Gasteiger partial charge in [0.15, 0.2) is 0 Å². The second-order valence-corrected chi connectivity index (χ2v) is 5.35. The molecule has 23 heavy (non-hydrogen) atoms. The van der Waals surface area contributed by atoms with Crippen molar-refractivity contribution in [1.82, 2.24) is 4.98 Å². The number of aromatic nitrogens is 1. The maximum absolute atomic E-state index is 8.81. The van der Waals surface area contributed by atoms with E-state index in [9.17, 15) is 0 Å². The molecule has 0 saturated heterocycles. The fourth-order valence-electron chi connectivity index (χ4n) is 2.19. The van der Waals surface area contributed by atoms with Crippen LogP contribution in [0, 0.1) is 11.3 Å². The van der Waals surface area contributed by atoms with Crippen LogP contribution in [0.2, 0.25) is 0 Å². The van der Waals surface area contributed by atoms with Gasteiger partial charge in [0.2, 0.25) is 0 Å². The molecule has 1 aromatic carbocycles. The second kappa shape index (κ2) is 9.42. The van der Waals surface area contributed by atoms with Gasteiger partial charge in [0.25, 0.3) is 0 Å². The molecule has 1 aromatic heterocycles. The van der Waals surface area contributed by atoms with Crippen LogP contribution in [-0.2, 0) is 0 Å². The molecule has 0 amide bonds. The molecule has 0 aliphatic rings. The van der Waals surface area contributed by atoms with Crippen molar-refractivity contribution >= 4 is 0 Å². The van der Waals surface area contributed by atoms with E-state index >= 15 is 0 Å². The minimum atomic E-state index is 0.573. The highest BCUT2D eigenvalue weighted by Gasteiger charge is 2.00. The number of rotatable bonds is 8. The van der Waals surface area contributed by atoms with Crippen LogP contribution in [0.15, 0.2) is 54.7 Å². The quantitative estimate of drug-likeness (QED) is 0.501. The van der Waals surface area contributed by atoms with E-state index in [2.05, 4.69) is 30.1 Å². The normalized spacial score (nSPS) is 10.6. The number of allylic oxidation sites excluding steroid dienone is 1. The highest BCUT2D eigenvalue weighted by Crippen LogP contribution is 2.19. The van der Waals surface area contributed by atoms with Gasteiger partial charge < -0.3 is 4.74 Å². The summed E-state index contributed by atoms with van der Waals surface area (Å²) in [6.45, 7) is 2.78. The Morgan fingerprint density at radius 2 is 1.91 bits per heavy atom. The first kappa shape index (κ1) is 16.8. The van der Waals surface area contributed by atoms with Crippen molar-refractivity contribution in [3.8, 4) is 23.1 Å². The molecule has 0 N–H and O–H groups in total. The molecule has 0 bridgehead atoms. The Hall–Kier alpha value is -2.60. The van der Waals surface area contributed by atoms with E-state index in [4.69, 9.17) is 10.00 Å². The Morgan fingerprint density at radius 1 is 1.09 bits per heavy atom. The average molecular weight is 306 g/mol. The van der Waals surface area contributed by atoms with Crippen LogP contribution in [0.25, 0.3) is 11.3 Å². The number of hydrogen-bond donors (Lipinski definition) is 0. The van der Waals surface area contributed by atoms with E-state index in [-0.39, 0.29) is 0 Å². The summed E-state index contributed by atoms with van der Waals surface area (Å²) in [4.78, 5) is 4.41. The number of nitriles is 1. The predicted octanol–water partition coefficient (Wildman–Crippen LogP) is 5.14. The zero-order chi connectivity index (χ0) is 16.3. The zero-order valence-corrected chi connectivity index (χ0v) is 13.5. The van der Waals surface area contributed by atoms with E-state index in [0.29, 0.717) is 12.2 Å². The van der Waals surface area contributed by atoms with Crippen molar-refractivity contribution in [2.75, 3.05) is 6.61 Å². The molecular formula is C20H22N2O. The van der Waals surface area contributed by atoms with Gasteiger partial charge in [-0.05, 0) is 37.1 Å². The zero-order valence-electron chi connectivity index (χ0n) is 13.5. The maximum Gasteiger partial charge on any atom is 0.138 e. The second-order valence-electron chi connectivity index (χ2n) is 5.35. The van der Waals surface area contributed by atoms with Gasteiger partial charge in [0, 0.05) is 5.56 Å². The van der Waals surface area contributed by atoms with Crippen molar-refractivity contribution in [2.24, 2.45) is 0 Å². The molecule has 2 rings (SSSR count). The van der Waals surface area contributed by atoms with Crippen LogP contribution in [-0.4, -0.2) is 11.6 Å². The monoisotopic (exact) mass is 306 g/mol. The predicted molar refractivity (Wildman–Crippen MR) is 93.2 cm³/mol. The van der Waals surface area contributed by atoms with E-state index in [1.807, 2.05) is 24.3 Å². The summed E-state index contributed by atoms with van der Waals surface area (Å²) in [5.74, 6) is 0.764. The molecule has 0 atom stereocenters. The third-order valence-corrected chi connectivity index (χ3v) is 3.53. The summed E-state index contributed by atoms with van der Waals surface area (Å²) in [5.41, 5.74) is 2.52. The minimum Gasteiger partial charge on any atom is -0.488 e. The Labute approximate surface area is 138 Å². The Morgan fingerprint density at radius 3 is 2.57 bits per heavy atom. The summed E-state index contributed by atoms with van der Waals surface area (Å²) in [6.07, 6.45) is 10.9. The highest BCUT2D eigenvalue weighted by atomic mass is 16.5. The van der Waals surface area contributed by atoms with E-state index in [0.717, 1.165) is 23.4 Å². The number of pyridine rings is 1. The summed E-state index contributed by atoms with van der Waals surface area (Å²) >= 11 is 0. The number of nitrogens with zero attached hydrogens (tertiary/aromatic N) is 2. The van der Waals surface area contributed by atoms with E-state index < -0.39 is 0 Å². The van der Waals surface area contributed by atoms with Gasteiger partial charge in [-0.3, -0.25) is 4.98 Å². The minimum absolute atomic E-state index is 0.573. The largest absolute Gasteiger partial charge is 0.488 e. The molecule has 0 unspecified atom stereocenters. The van der Waals surface area contributed by atoms with Crippen molar-refractivity contribution < 1.29 is 4.74 Å². The fraction of sp³-hybridized carbons (Fsp3) is 0.300. The standard InChI is InChI=1S/C20H22N2O/c1-2-3-4-5-6-7-14-23-19-12-13-20(22-16-19)18-10-8-17(15-21)9-11-18/h6-13,16H,2-5,14H2,1H3. The van der Waals surface area contributed by atoms with Crippen molar-refractivity contribution in [1.29, 1.82) is 5.26 Å². The molecule has 0 spiro atoms. The van der Waals surface area contributed by atoms with Crippen molar-refractivity contribution in [2.45, 2.75) is 32.6 Å². The molecule has 0 aliphatic heterocycles. The Balaban J connectivity index is 1.83. The lowest BCUT2D eigenvalue weighted by Crippen LogP contribution is -1.94. The van der Waals surface area contributed by atoms with E-state index in [1.54, 1.807) is 18.3 Å². The smallest absolute Gasteiger partial charge is 0.138 e. The lowest BCUT2D eigenvalue weighted by molar-refractivity contribution is 0.361. The van der Waals surface area contributed by atoms with Gasteiger partial charge in [0.05, 0.1) is 23.5 Å². The van der Waals surface area contributed by atoms with Crippen LogP contribution in [0.5, 0.6) is 5.75 Å². The molecule has 2 aromatic rings. The lowest BCUT2D eigenvalue weighted by Gasteiger charge is -2.05. The summed E-state index contributed by atoms with van der Waals surface area (Å²) in [7, 11) is 0. The molecule has 0 saturated carbocycles. The van der Waals surface area contributed by atoms with Crippen LogP contribution in [0.1, 0.15) is 38.2 Å². The first-order chi connectivity index (χ1) is 11.3. The first-order valence-corrected chi connectivity index (χ1v) is 8.08. The summed E-state index contributed by atoms with van der Waals surface area (Å²) in [6, 6.07) is 13.4. The molecule has 1 heterocycles. The third kappa shape index (κ3) is 5.60. The molecule has 0 radical (unpaired) electrons. The van der Waals surface area contributed by atoms with Gasteiger partial charge in [0.1, 0.15) is 12.4 Å². The van der Waals surface area contributed by atoms with Gasteiger partial charge in [-0.25, -0.2) is 0 Å². The van der Waals surface area contributed by atoms with Crippen LogP contribution < -0.4 is 4.74 Å². The lowest BCUT2D eigenvalue weighted by atomic mass is 10.1. The Bertz CT molecular complexity index is 652. The van der Waals surface area contributed by atoms with Crippen LogP contribution in [0.3, 0.4) is 0 Å². The molecule has 0 fully saturated rings. The van der Waals surface area contributed by atoms with Gasteiger partial charge in [-0.1, -0.05) is 44.1 Å². The Kier molecular flexibility index (Phi) is 6.87. The summed E-state index contributed by atoms with van der Waals surface area (Å²) in [5, 5.41) is 8.81. The SMILES string of the molecule is CCCCCC=CCOc1ccc(-c2ccc(C#N)cc2)nc1.